The first kappa shape index (κ1) is 17.9. The topological polar surface area (TPSA) is 87.5 Å². The number of piperidine rings is 1. The van der Waals surface area contributed by atoms with Gasteiger partial charge in [0.1, 0.15) is 0 Å². The number of carbonyl (C=O) groups excluding carboxylic acids is 2. The summed E-state index contributed by atoms with van der Waals surface area (Å²) in [5.74, 6) is -0.163. The molecule has 0 saturated carbocycles. The summed E-state index contributed by atoms with van der Waals surface area (Å²) in [4.78, 5) is 25.7. The van der Waals surface area contributed by atoms with Crippen LogP contribution in [0, 0.1) is 5.92 Å². The normalized spacial score (nSPS) is 24.2. The van der Waals surface area contributed by atoms with Crippen molar-refractivity contribution < 1.29 is 9.59 Å². The molecule has 1 aromatic rings. The van der Waals surface area contributed by atoms with E-state index in [1.54, 1.807) is 0 Å². The van der Waals surface area contributed by atoms with Crippen molar-refractivity contribution >= 4 is 17.5 Å². The number of nitrogens with two attached hydrogens (primary N) is 1. The van der Waals surface area contributed by atoms with Gasteiger partial charge < -0.3 is 16.4 Å². The minimum atomic E-state index is -0.195. The molecule has 0 aliphatic carbocycles. The fraction of sp³-hybridized carbons (Fsp3) is 0.579. The van der Waals surface area contributed by atoms with Gasteiger partial charge in [0.2, 0.25) is 11.8 Å². The van der Waals surface area contributed by atoms with Crippen LogP contribution in [0.3, 0.4) is 0 Å². The van der Waals surface area contributed by atoms with E-state index in [4.69, 9.17) is 5.73 Å². The minimum absolute atomic E-state index is 0.0310. The van der Waals surface area contributed by atoms with Gasteiger partial charge in [-0.05, 0) is 56.5 Å². The van der Waals surface area contributed by atoms with Crippen molar-refractivity contribution in [1.29, 1.82) is 0 Å². The summed E-state index contributed by atoms with van der Waals surface area (Å²) in [5.41, 5.74) is 7.45. The highest BCUT2D eigenvalue weighted by Gasteiger charge is 2.23. The molecule has 2 atom stereocenters. The molecule has 6 heteroatoms. The van der Waals surface area contributed by atoms with E-state index < -0.39 is 0 Å². The molecular weight excluding hydrogens is 316 g/mol. The van der Waals surface area contributed by atoms with E-state index in [1.807, 2.05) is 24.3 Å². The molecule has 2 fully saturated rings. The molecule has 0 aromatic heterocycles. The van der Waals surface area contributed by atoms with E-state index in [-0.39, 0.29) is 17.7 Å². The van der Waals surface area contributed by atoms with E-state index in [9.17, 15) is 9.59 Å². The summed E-state index contributed by atoms with van der Waals surface area (Å²) < 4.78 is 0. The first-order valence-electron chi connectivity index (χ1n) is 9.24. The van der Waals surface area contributed by atoms with Gasteiger partial charge in [0.25, 0.3) is 0 Å². The Kier molecular flexibility index (Phi) is 6.04. The maximum Gasteiger partial charge on any atom is 0.225 e. The number of rotatable bonds is 6. The van der Waals surface area contributed by atoms with Gasteiger partial charge in [-0.25, -0.2) is 0 Å². The fourth-order valence-corrected chi connectivity index (χ4v) is 3.75. The van der Waals surface area contributed by atoms with Gasteiger partial charge in [0, 0.05) is 31.2 Å². The van der Waals surface area contributed by atoms with Crippen molar-refractivity contribution in [3.8, 4) is 0 Å². The third-order valence-electron chi connectivity index (χ3n) is 5.15. The standard InChI is InChI=1S/C19H28N4O2/c20-19(25)15-3-2-10-23(13-15)12-14-5-7-16(8-6-14)22-18(24)11-17-4-1-9-21-17/h5-8,15,17,21H,1-4,9-13H2,(H2,20,25)(H,22,24). The molecular formula is C19H28N4O2. The summed E-state index contributed by atoms with van der Waals surface area (Å²) in [6.45, 7) is 3.56. The monoisotopic (exact) mass is 344 g/mol. The lowest BCUT2D eigenvalue weighted by molar-refractivity contribution is -0.123. The number of carbonyl (C=O) groups is 2. The summed E-state index contributed by atoms with van der Waals surface area (Å²) in [5, 5.41) is 6.31. The van der Waals surface area contributed by atoms with Crippen LogP contribution in [0.2, 0.25) is 0 Å². The van der Waals surface area contributed by atoms with Crippen molar-refractivity contribution in [1.82, 2.24) is 10.2 Å². The Morgan fingerprint density at radius 1 is 1.20 bits per heavy atom. The number of hydrogen-bond donors (Lipinski definition) is 3. The van der Waals surface area contributed by atoms with Crippen LogP contribution < -0.4 is 16.4 Å². The van der Waals surface area contributed by atoms with Gasteiger partial charge in [-0.15, -0.1) is 0 Å². The van der Waals surface area contributed by atoms with Gasteiger partial charge in [-0.2, -0.15) is 0 Å². The molecule has 2 heterocycles. The highest BCUT2D eigenvalue weighted by atomic mass is 16.2. The lowest BCUT2D eigenvalue weighted by Gasteiger charge is -2.31. The molecule has 1 aromatic carbocycles. The quantitative estimate of drug-likeness (QED) is 0.729. The van der Waals surface area contributed by atoms with Gasteiger partial charge in [0.15, 0.2) is 0 Å². The van der Waals surface area contributed by atoms with Gasteiger partial charge in [0.05, 0.1) is 5.92 Å². The largest absolute Gasteiger partial charge is 0.369 e. The second-order valence-electron chi connectivity index (χ2n) is 7.22. The van der Waals surface area contributed by atoms with Crippen molar-refractivity contribution in [3.63, 3.8) is 0 Å². The molecule has 3 rings (SSSR count). The number of amides is 2. The molecule has 2 amide bonds. The van der Waals surface area contributed by atoms with Crippen LogP contribution in [-0.2, 0) is 16.1 Å². The lowest BCUT2D eigenvalue weighted by atomic mass is 9.97. The van der Waals surface area contributed by atoms with E-state index in [0.717, 1.165) is 57.5 Å². The Hall–Kier alpha value is -1.92. The van der Waals surface area contributed by atoms with Crippen molar-refractivity contribution in [2.75, 3.05) is 25.0 Å². The average Bonchev–Trinajstić information content (AvgIpc) is 3.10. The first-order chi connectivity index (χ1) is 12.1. The first-order valence-corrected chi connectivity index (χ1v) is 9.24. The maximum absolute atomic E-state index is 12.1. The molecule has 2 saturated heterocycles. The lowest BCUT2D eigenvalue weighted by Crippen LogP contribution is -2.40. The van der Waals surface area contributed by atoms with Crippen LogP contribution in [0.25, 0.3) is 0 Å². The summed E-state index contributed by atoms with van der Waals surface area (Å²) in [6.07, 6.45) is 4.67. The van der Waals surface area contributed by atoms with Crippen LogP contribution >= 0.6 is 0 Å². The smallest absolute Gasteiger partial charge is 0.225 e. The van der Waals surface area contributed by atoms with Crippen molar-refractivity contribution in [2.24, 2.45) is 11.7 Å². The Bertz CT molecular complexity index is 596. The SMILES string of the molecule is NC(=O)C1CCCN(Cc2ccc(NC(=O)CC3CCCN3)cc2)C1. The predicted octanol–water partition coefficient (Wildman–Crippen LogP) is 1.46. The summed E-state index contributed by atoms with van der Waals surface area (Å²) in [7, 11) is 0. The zero-order valence-electron chi connectivity index (χ0n) is 14.7. The molecule has 4 N–H and O–H groups in total. The number of nitrogens with zero attached hydrogens (tertiary/aromatic N) is 1. The molecule has 2 aliphatic heterocycles. The Morgan fingerprint density at radius 2 is 2.00 bits per heavy atom. The van der Waals surface area contributed by atoms with Crippen molar-refractivity contribution in [2.45, 2.75) is 44.7 Å². The Balaban J connectivity index is 1.48. The van der Waals surface area contributed by atoms with E-state index in [2.05, 4.69) is 15.5 Å². The zero-order valence-corrected chi connectivity index (χ0v) is 14.7. The fourth-order valence-electron chi connectivity index (χ4n) is 3.75. The molecule has 0 spiro atoms. The summed E-state index contributed by atoms with van der Waals surface area (Å²) in [6, 6.07) is 8.29. The molecule has 2 unspecified atom stereocenters. The number of anilines is 1. The Morgan fingerprint density at radius 3 is 2.68 bits per heavy atom. The summed E-state index contributed by atoms with van der Waals surface area (Å²) >= 11 is 0. The number of primary amides is 1. The van der Waals surface area contributed by atoms with Crippen LogP contribution in [0.15, 0.2) is 24.3 Å². The molecule has 25 heavy (non-hydrogen) atoms. The van der Waals surface area contributed by atoms with E-state index in [0.29, 0.717) is 12.5 Å². The maximum atomic E-state index is 12.1. The number of nitrogens with one attached hydrogen (secondary N) is 2. The molecule has 6 nitrogen and oxygen atoms in total. The third kappa shape index (κ3) is 5.28. The van der Waals surface area contributed by atoms with E-state index in [1.165, 1.54) is 5.56 Å². The highest BCUT2D eigenvalue weighted by Crippen LogP contribution is 2.19. The zero-order chi connectivity index (χ0) is 17.6. The second kappa shape index (κ2) is 8.45. The number of likely N-dealkylation sites (tertiary alicyclic amines) is 1. The van der Waals surface area contributed by atoms with Crippen molar-refractivity contribution in [3.05, 3.63) is 29.8 Å². The molecule has 2 aliphatic rings. The van der Waals surface area contributed by atoms with Gasteiger partial charge >= 0.3 is 0 Å². The minimum Gasteiger partial charge on any atom is -0.369 e. The molecule has 0 bridgehead atoms. The predicted molar refractivity (Wildman–Crippen MR) is 97.9 cm³/mol. The van der Waals surface area contributed by atoms with Crippen LogP contribution in [-0.4, -0.2) is 42.4 Å². The molecule has 136 valence electrons. The van der Waals surface area contributed by atoms with Crippen LogP contribution in [0.1, 0.15) is 37.7 Å². The second-order valence-corrected chi connectivity index (χ2v) is 7.22. The average molecular weight is 344 g/mol. The molecule has 0 radical (unpaired) electrons. The van der Waals surface area contributed by atoms with Gasteiger partial charge in [-0.1, -0.05) is 12.1 Å². The van der Waals surface area contributed by atoms with Crippen LogP contribution in [0.4, 0.5) is 5.69 Å². The highest BCUT2D eigenvalue weighted by molar-refractivity contribution is 5.91. The number of hydrogen-bond acceptors (Lipinski definition) is 4. The third-order valence-corrected chi connectivity index (χ3v) is 5.15. The Labute approximate surface area is 149 Å². The van der Waals surface area contributed by atoms with E-state index >= 15 is 0 Å². The van der Waals surface area contributed by atoms with Gasteiger partial charge in [-0.3, -0.25) is 14.5 Å². The van der Waals surface area contributed by atoms with Crippen LogP contribution in [0.5, 0.6) is 0 Å². The number of benzene rings is 1.